The molecule has 0 saturated carbocycles. The molecule has 0 amide bonds. The molecule has 0 bridgehead atoms. The van der Waals surface area contributed by atoms with Crippen LogP contribution >= 0.6 is 0 Å². The molecule has 5 nitrogen and oxygen atoms in total. The molecule has 0 N–H and O–H groups in total. The Morgan fingerprint density at radius 2 is 1.59 bits per heavy atom. The predicted molar refractivity (Wildman–Crippen MR) is 106 cm³/mol. The molecule has 0 aliphatic rings. The van der Waals surface area contributed by atoms with Crippen LogP contribution in [-0.4, -0.2) is 27.9 Å². The highest BCUT2D eigenvalue weighted by Gasteiger charge is 2.10. The summed E-state index contributed by atoms with van der Waals surface area (Å²) >= 11 is 0. The Bertz CT molecular complexity index is 837. The van der Waals surface area contributed by atoms with E-state index in [1.165, 1.54) is 0 Å². The number of ether oxygens (including phenoxy) is 4. The first kappa shape index (κ1) is 20.2. The van der Waals surface area contributed by atoms with E-state index < -0.39 is 0 Å². The largest absolute Gasteiger partial charge is 0.493 e. The predicted octanol–water partition coefficient (Wildman–Crippen LogP) is 4.96. The monoisotopic (exact) mass is 367 g/mol. The van der Waals surface area contributed by atoms with E-state index in [1.807, 2.05) is 36.4 Å². The van der Waals surface area contributed by atoms with Crippen LogP contribution in [0.25, 0.3) is 11.6 Å². The summed E-state index contributed by atoms with van der Waals surface area (Å²) in [5.41, 5.74) is 2.12. The molecule has 142 valence electrons. The molecule has 2 aromatic rings. The lowest BCUT2D eigenvalue weighted by Crippen LogP contribution is -1.99. The van der Waals surface area contributed by atoms with Crippen molar-refractivity contribution in [2.45, 2.75) is 19.8 Å². The summed E-state index contributed by atoms with van der Waals surface area (Å²) in [6, 6.07) is 13.3. The number of unbranched alkanes of at least 4 members (excludes halogenated alkanes) is 1. The van der Waals surface area contributed by atoms with Crippen LogP contribution < -0.4 is 18.9 Å². The standard InChI is InChI=1S/C22H25NO4/c1-5-6-11-27-22-14-17(8-10-20(22)25-3)18(15-23)12-16-7-9-19(24-2)21(13-16)26-4/h7-10,12-14H,5-6,11H2,1-4H3/b18-12+. The summed E-state index contributed by atoms with van der Waals surface area (Å²) in [5.74, 6) is 2.54. The van der Waals surface area contributed by atoms with Gasteiger partial charge in [0.1, 0.15) is 0 Å². The Kier molecular flexibility index (Phi) is 7.57. The van der Waals surface area contributed by atoms with Crippen LogP contribution in [0.15, 0.2) is 36.4 Å². The zero-order chi connectivity index (χ0) is 19.6. The van der Waals surface area contributed by atoms with Crippen LogP contribution in [0.4, 0.5) is 0 Å². The Hall–Kier alpha value is -3.13. The molecule has 0 aliphatic carbocycles. The number of benzene rings is 2. The van der Waals surface area contributed by atoms with Crippen LogP contribution in [0.3, 0.4) is 0 Å². The Balaban J connectivity index is 2.37. The third-order valence-corrected chi connectivity index (χ3v) is 4.07. The highest BCUT2D eigenvalue weighted by atomic mass is 16.5. The maximum Gasteiger partial charge on any atom is 0.161 e. The molecule has 0 heterocycles. The first-order valence-electron chi connectivity index (χ1n) is 8.81. The highest BCUT2D eigenvalue weighted by molar-refractivity contribution is 5.90. The second-order valence-electron chi connectivity index (χ2n) is 5.85. The van der Waals surface area contributed by atoms with E-state index in [0.717, 1.165) is 24.0 Å². The number of nitriles is 1. The Morgan fingerprint density at radius 1 is 0.926 bits per heavy atom. The van der Waals surface area contributed by atoms with Crippen molar-refractivity contribution in [2.75, 3.05) is 27.9 Å². The Morgan fingerprint density at radius 3 is 2.22 bits per heavy atom. The summed E-state index contributed by atoms with van der Waals surface area (Å²) < 4.78 is 21.8. The second-order valence-corrected chi connectivity index (χ2v) is 5.85. The fraction of sp³-hybridized carbons (Fsp3) is 0.318. The number of rotatable bonds is 9. The summed E-state index contributed by atoms with van der Waals surface area (Å²) in [4.78, 5) is 0. The summed E-state index contributed by atoms with van der Waals surface area (Å²) in [5, 5.41) is 9.65. The van der Waals surface area contributed by atoms with Gasteiger partial charge in [0, 0.05) is 0 Å². The molecule has 0 aliphatic heterocycles. The molecule has 0 radical (unpaired) electrons. The van der Waals surface area contributed by atoms with Crippen molar-refractivity contribution >= 4 is 11.6 Å². The van der Waals surface area contributed by atoms with E-state index in [2.05, 4.69) is 13.0 Å². The minimum Gasteiger partial charge on any atom is -0.493 e. The molecule has 0 atom stereocenters. The molecule has 5 heteroatoms. The maximum absolute atomic E-state index is 9.65. The van der Waals surface area contributed by atoms with Crippen molar-refractivity contribution in [2.24, 2.45) is 0 Å². The SMILES string of the molecule is CCCCOc1cc(/C(C#N)=C/c2ccc(OC)c(OC)c2)ccc1OC. The molecule has 2 rings (SSSR count). The lowest BCUT2D eigenvalue weighted by atomic mass is 10.0. The minimum absolute atomic E-state index is 0.519. The molecule has 0 unspecified atom stereocenters. The lowest BCUT2D eigenvalue weighted by molar-refractivity contribution is 0.288. The second kappa shape index (κ2) is 10.1. The van der Waals surface area contributed by atoms with Gasteiger partial charge in [-0.05, 0) is 54.0 Å². The van der Waals surface area contributed by atoms with Crippen molar-refractivity contribution in [3.05, 3.63) is 47.5 Å². The van der Waals surface area contributed by atoms with Gasteiger partial charge >= 0.3 is 0 Å². The fourth-order valence-electron chi connectivity index (χ4n) is 2.57. The van der Waals surface area contributed by atoms with Gasteiger partial charge in [0.2, 0.25) is 0 Å². The summed E-state index contributed by atoms with van der Waals surface area (Å²) in [6.07, 6.45) is 3.81. The van der Waals surface area contributed by atoms with Gasteiger partial charge in [0.05, 0.1) is 39.6 Å². The molecular formula is C22H25NO4. The van der Waals surface area contributed by atoms with E-state index in [1.54, 1.807) is 27.4 Å². The molecular weight excluding hydrogens is 342 g/mol. The zero-order valence-electron chi connectivity index (χ0n) is 16.2. The van der Waals surface area contributed by atoms with Crippen molar-refractivity contribution in [1.82, 2.24) is 0 Å². The van der Waals surface area contributed by atoms with E-state index >= 15 is 0 Å². The molecule has 0 fully saturated rings. The third kappa shape index (κ3) is 5.18. The van der Waals surface area contributed by atoms with Crippen molar-refractivity contribution in [1.29, 1.82) is 5.26 Å². The highest BCUT2D eigenvalue weighted by Crippen LogP contribution is 2.33. The maximum atomic E-state index is 9.65. The van der Waals surface area contributed by atoms with Gasteiger partial charge in [-0.25, -0.2) is 0 Å². The van der Waals surface area contributed by atoms with E-state index in [9.17, 15) is 5.26 Å². The van der Waals surface area contributed by atoms with Crippen LogP contribution in [0.2, 0.25) is 0 Å². The summed E-state index contributed by atoms with van der Waals surface area (Å²) in [6.45, 7) is 2.72. The van der Waals surface area contributed by atoms with Gasteiger partial charge in [-0.15, -0.1) is 0 Å². The van der Waals surface area contributed by atoms with Crippen molar-refractivity contribution in [3.63, 3.8) is 0 Å². The van der Waals surface area contributed by atoms with Crippen molar-refractivity contribution < 1.29 is 18.9 Å². The van der Waals surface area contributed by atoms with E-state index in [0.29, 0.717) is 35.2 Å². The number of nitrogens with zero attached hydrogens (tertiary/aromatic N) is 1. The van der Waals surface area contributed by atoms with Crippen molar-refractivity contribution in [3.8, 4) is 29.1 Å². The molecule has 0 aromatic heterocycles. The third-order valence-electron chi connectivity index (χ3n) is 4.07. The zero-order valence-corrected chi connectivity index (χ0v) is 16.2. The van der Waals surface area contributed by atoms with E-state index in [-0.39, 0.29) is 0 Å². The topological polar surface area (TPSA) is 60.7 Å². The minimum atomic E-state index is 0.519. The van der Waals surface area contributed by atoms with Gasteiger partial charge < -0.3 is 18.9 Å². The van der Waals surface area contributed by atoms with Gasteiger partial charge in [-0.2, -0.15) is 5.26 Å². The molecule has 0 spiro atoms. The van der Waals surface area contributed by atoms with Crippen LogP contribution in [-0.2, 0) is 0 Å². The molecule has 27 heavy (non-hydrogen) atoms. The smallest absolute Gasteiger partial charge is 0.161 e. The van der Waals surface area contributed by atoms with Gasteiger partial charge in [0.15, 0.2) is 23.0 Å². The number of methoxy groups -OCH3 is 3. The number of hydrogen-bond acceptors (Lipinski definition) is 5. The first-order valence-corrected chi connectivity index (χ1v) is 8.81. The normalized spacial score (nSPS) is 10.9. The van der Waals surface area contributed by atoms with Gasteiger partial charge in [-0.1, -0.05) is 19.4 Å². The average molecular weight is 367 g/mol. The molecule has 2 aromatic carbocycles. The number of hydrogen-bond donors (Lipinski definition) is 0. The van der Waals surface area contributed by atoms with Crippen LogP contribution in [0.5, 0.6) is 23.0 Å². The molecule has 0 saturated heterocycles. The van der Waals surface area contributed by atoms with Crippen LogP contribution in [0.1, 0.15) is 30.9 Å². The first-order chi connectivity index (χ1) is 13.2. The average Bonchev–Trinajstić information content (AvgIpc) is 2.71. The van der Waals surface area contributed by atoms with Gasteiger partial charge in [-0.3, -0.25) is 0 Å². The Labute approximate surface area is 160 Å². The number of allylic oxidation sites excluding steroid dienone is 1. The van der Waals surface area contributed by atoms with Crippen LogP contribution in [0, 0.1) is 11.3 Å². The fourth-order valence-corrected chi connectivity index (χ4v) is 2.57. The lowest BCUT2D eigenvalue weighted by Gasteiger charge is -2.12. The van der Waals surface area contributed by atoms with Gasteiger partial charge in [0.25, 0.3) is 0 Å². The quantitative estimate of drug-likeness (QED) is 0.356. The van der Waals surface area contributed by atoms with E-state index in [4.69, 9.17) is 18.9 Å². The summed E-state index contributed by atoms with van der Waals surface area (Å²) in [7, 11) is 4.78.